The average Bonchev–Trinajstić information content (AvgIpc) is 2.42. The standard InChI is InChI=1S/C14H24N4O/c1-10(15)11-9-12(18-7-5-4-6-8-18)14(19)17(3)13(11)16-2/h12H,4-9,15H2,1-3H3. The molecule has 2 N–H and O–H groups in total. The predicted octanol–water partition coefficient (Wildman–Crippen LogP) is 0.964. The number of hydrogen-bond acceptors (Lipinski definition) is 4. The number of rotatable bonds is 1. The number of amidine groups is 1. The zero-order valence-electron chi connectivity index (χ0n) is 12.1. The second-order valence-electron chi connectivity index (χ2n) is 5.42. The molecule has 5 nitrogen and oxygen atoms in total. The third kappa shape index (κ3) is 2.66. The number of carbonyl (C=O) groups excluding carboxylic acids is 1. The molecule has 5 heteroatoms. The molecule has 2 aliphatic heterocycles. The van der Waals surface area contributed by atoms with Crippen molar-refractivity contribution in [2.45, 2.75) is 38.6 Å². The molecule has 2 aliphatic rings. The lowest BCUT2D eigenvalue weighted by molar-refractivity contribution is -0.133. The van der Waals surface area contributed by atoms with Gasteiger partial charge in [0, 0.05) is 31.8 Å². The van der Waals surface area contributed by atoms with E-state index in [-0.39, 0.29) is 11.9 Å². The maximum absolute atomic E-state index is 12.5. The molecule has 0 saturated carbocycles. The Kier molecular flexibility index (Phi) is 4.24. The fourth-order valence-corrected chi connectivity index (χ4v) is 3.04. The van der Waals surface area contributed by atoms with Gasteiger partial charge in [0.25, 0.3) is 0 Å². The van der Waals surface area contributed by atoms with Crippen molar-refractivity contribution in [3.05, 3.63) is 11.3 Å². The fraction of sp³-hybridized carbons (Fsp3) is 0.714. The molecule has 0 bridgehead atoms. The number of aliphatic imine (C=N–C) groups is 1. The predicted molar refractivity (Wildman–Crippen MR) is 76.8 cm³/mol. The van der Waals surface area contributed by atoms with Gasteiger partial charge >= 0.3 is 0 Å². The van der Waals surface area contributed by atoms with Crippen LogP contribution < -0.4 is 5.73 Å². The van der Waals surface area contributed by atoms with Crippen LogP contribution in [0.15, 0.2) is 16.3 Å². The normalized spacial score (nSPS) is 30.9. The van der Waals surface area contributed by atoms with Crippen LogP contribution in [0.3, 0.4) is 0 Å². The molecule has 0 aromatic carbocycles. The van der Waals surface area contributed by atoms with Gasteiger partial charge in [0.05, 0.1) is 6.04 Å². The van der Waals surface area contributed by atoms with Crippen LogP contribution in [0.1, 0.15) is 32.6 Å². The van der Waals surface area contributed by atoms with Gasteiger partial charge in [-0.2, -0.15) is 0 Å². The van der Waals surface area contributed by atoms with Gasteiger partial charge in [0.2, 0.25) is 5.91 Å². The van der Waals surface area contributed by atoms with Crippen molar-refractivity contribution < 1.29 is 4.79 Å². The van der Waals surface area contributed by atoms with E-state index in [4.69, 9.17) is 5.73 Å². The summed E-state index contributed by atoms with van der Waals surface area (Å²) in [6, 6.07) is -0.0655. The Morgan fingerprint density at radius 1 is 1.32 bits per heavy atom. The second-order valence-corrected chi connectivity index (χ2v) is 5.42. The molecular weight excluding hydrogens is 240 g/mol. The summed E-state index contributed by atoms with van der Waals surface area (Å²) in [4.78, 5) is 20.7. The van der Waals surface area contributed by atoms with Crippen LogP contribution in [0.4, 0.5) is 0 Å². The summed E-state index contributed by atoms with van der Waals surface area (Å²) in [6.07, 6.45) is 4.33. The van der Waals surface area contributed by atoms with E-state index in [0.717, 1.165) is 30.2 Å². The monoisotopic (exact) mass is 264 g/mol. The fourth-order valence-electron chi connectivity index (χ4n) is 3.04. The molecule has 2 rings (SSSR count). The topological polar surface area (TPSA) is 61.9 Å². The van der Waals surface area contributed by atoms with E-state index in [1.54, 1.807) is 19.0 Å². The molecule has 2 heterocycles. The molecule has 19 heavy (non-hydrogen) atoms. The highest BCUT2D eigenvalue weighted by Crippen LogP contribution is 2.26. The Balaban J connectivity index is 2.27. The third-order valence-electron chi connectivity index (χ3n) is 4.12. The van der Waals surface area contributed by atoms with E-state index in [1.807, 2.05) is 6.92 Å². The van der Waals surface area contributed by atoms with E-state index in [0.29, 0.717) is 6.42 Å². The molecule has 0 aromatic rings. The van der Waals surface area contributed by atoms with Crippen molar-refractivity contribution in [3.8, 4) is 0 Å². The maximum atomic E-state index is 12.5. The van der Waals surface area contributed by atoms with Crippen LogP contribution in [0.2, 0.25) is 0 Å². The van der Waals surface area contributed by atoms with Crippen LogP contribution in [-0.2, 0) is 4.79 Å². The van der Waals surface area contributed by atoms with Crippen molar-refractivity contribution in [3.63, 3.8) is 0 Å². The Morgan fingerprint density at radius 3 is 2.47 bits per heavy atom. The third-order valence-corrected chi connectivity index (χ3v) is 4.12. The summed E-state index contributed by atoms with van der Waals surface area (Å²) in [5, 5.41) is 0. The summed E-state index contributed by atoms with van der Waals surface area (Å²) in [5.74, 6) is 0.866. The maximum Gasteiger partial charge on any atom is 0.245 e. The largest absolute Gasteiger partial charge is 0.402 e. The number of piperidine rings is 2. The molecule has 106 valence electrons. The molecule has 0 radical (unpaired) electrons. The van der Waals surface area contributed by atoms with Crippen LogP contribution in [0.25, 0.3) is 0 Å². The second kappa shape index (κ2) is 5.74. The Hall–Kier alpha value is -1.36. The minimum atomic E-state index is -0.0655. The minimum Gasteiger partial charge on any atom is -0.402 e. The zero-order valence-corrected chi connectivity index (χ0v) is 12.1. The number of allylic oxidation sites excluding steroid dienone is 1. The van der Waals surface area contributed by atoms with E-state index in [2.05, 4.69) is 9.89 Å². The Bertz CT molecular complexity index is 417. The lowest BCUT2D eigenvalue weighted by Crippen LogP contribution is -2.55. The first-order chi connectivity index (χ1) is 9.06. The molecule has 2 saturated heterocycles. The first-order valence-corrected chi connectivity index (χ1v) is 7.00. The molecule has 1 unspecified atom stereocenters. The van der Waals surface area contributed by atoms with Gasteiger partial charge in [-0.1, -0.05) is 6.42 Å². The first kappa shape index (κ1) is 14.1. The summed E-state index contributed by atoms with van der Waals surface area (Å²) in [6.45, 7) is 3.91. The molecule has 1 atom stereocenters. The van der Waals surface area contributed by atoms with Crippen LogP contribution >= 0.6 is 0 Å². The minimum absolute atomic E-state index is 0.0655. The van der Waals surface area contributed by atoms with Crippen LogP contribution in [-0.4, -0.2) is 54.8 Å². The summed E-state index contributed by atoms with van der Waals surface area (Å²) < 4.78 is 0. The molecule has 1 amide bonds. The van der Waals surface area contributed by atoms with Gasteiger partial charge in [-0.15, -0.1) is 0 Å². The molecule has 0 spiro atoms. The van der Waals surface area contributed by atoms with Crippen molar-refractivity contribution in [1.82, 2.24) is 9.80 Å². The highest BCUT2D eigenvalue weighted by atomic mass is 16.2. The molecule has 0 aliphatic carbocycles. The lowest BCUT2D eigenvalue weighted by Gasteiger charge is -2.40. The summed E-state index contributed by atoms with van der Waals surface area (Å²) in [5.41, 5.74) is 7.75. The SMILES string of the molecule is CN=C1C(=C(C)N)CC(N2CCCCC2)C(=O)N1C. The van der Waals surface area contributed by atoms with Crippen LogP contribution in [0, 0.1) is 0 Å². The Morgan fingerprint density at radius 2 is 1.95 bits per heavy atom. The van der Waals surface area contributed by atoms with Crippen molar-refractivity contribution in [2.75, 3.05) is 27.2 Å². The van der Waals surface area contributed by atoms with Gasteiger partial charge in [0.15, 0.2) is 0 Å². The first-order valence-electron chi connectivity index (χ1n) is 7.00. The van der Waals surface area contributed by atoms with E-state index in [1.165, 1.54) is 19.3 Å². The number of likely N-dealkylation sites (N-methyl/N-ethyl adjacent to an activating group) is 1. The molecule has 0 aromatic heterocycles. The Labute approximate surface area is 115 Å². The van der Waals surface area contributed by atoms with Crippen molar-refractivity contribution >= 4 is 11.7 Å². The lowest BCUT2D eigenvalue weighted by atomic mass is 9.94. The number of nitrogens with two attached hydrogens (primary N) is 1. The van der Waals surface area contributed by atoms with Gasteiger partial charge < -0.3 is 5.73 Å². The highest BCUT2D eigenvalue weighted by Gasteiger charge is 2.38. The average molecular weight is 264 g/mol. The van der Waals surface area contributed by atoms with Crippen LogP contribution in [0.5, 0.6) is 0 Å². The van der Waals surface area contributed by atoms with Crippen molar-refractivity contribution in [1.29, 1.82) is 0 Å². The number of nitrogens with zero attached hydrogens (tertiary/aromatic N) is 3. The summed E-state index contributed by atoms with van der Waals surface area (Å²) >= 11 is 0. The summed E-state index contributed by atoms with van der Waals surface area (Å²) in [7, 11) is 3.51. The van der Waals surface area contributed by atoms with Gasteiger partial charge in [-0.3, -0.25) is 19.6 Å². The number of hydrogen-bond donors (Lipinski definition) is 1. The van der Waals surface area contributed by atoms with Crippen molar-refractivity contribution in [2.24, 2.45) is 10.7 Å². The highest BCUT2D eigenvalue weighted by molar-refractivity contribution is 6.12. The molecule has 2 fully saturated rings. The van der Waals surface area contributed by atoms with E-state index < -0.39 is 0 Å². The number of amides is 1. The zero-order chi connectivity index (χ0) is 14.0. The number of carbonyl (C=O) groups is 1. The number of likely N-dealkylation sites (tertiary alicyclic amines) is 2. The van der Waals surface area contributed by atoms with Gasteiger partial charge in [-0.25, -0.2) is 0 Å². The molecular formula is C14H24N4O. The van der Waals surface area contributed by atoms with E-state index >= 15 is 0 Å². The van der Waals surface area contributed by atoms with Gasteiger partial charge in [0.1, 0.15) is 5.84 Å². The van der Waals surface area contributed by atoms with Gasteiger partial charge in [-0.05, 0) is 32.9 Å². The smallest absolute Gasteiger partial charge is 0.245 e. The quantitative estimate of drug-likeness (QED) is 0.767. The van der Waals surface area contributed by atoms with E-state index in [9.17, 15) is 4.79 Å².